The third kappa shape index (κ3) is 6.70. The number of fused-ring (bicyclic) bond motifs is 1. The number of hydrogen-bond acceptors (Lipinski definition) is 6. The quantitative estimate of drug-likeness (QED) is 0.216. The molecular formula is C30H28Cl2N4O5. The van der Waals surface area contributed by atoms with Crippen LogP contribution in [0.15, 0.2) is 60.7 Å². The number of amides is 3. The molecule has 41 heavy (non-hydrogen) atoms. The first-order chi connectivity index (χ1) is 19.6. The molecule has 0 atom stereocenters. The number of aryl methyl sites for hydroxylation is 1. The summed E-state index contributed by atoms with van der Waals surface area (Å²) in [5, 5.41) is 6.68. The second kappa shape index (κ2) is 12.9. The number of urea groups is 1. The zero-order chi connectivity index (χ0) is 29.7. The van der Waals surface area contributed by atoms with Crippen molar-refractivity contribution in [3.05, 3.63) is 87.5 Å². The summed E-state index contributed by atoms with van der Waals surface area (Å²) in [4.78, 5) is 43.3. The molecule has 0 aliphatic heterocycles. The summed E-state index contributed by atoms with van der Waals surface area (Å²) in [5.41, 5.74) is 3.20. The van der Waals surface area contributed by atoms with Crippen LogP contribution in [0, 0.1) is 6.92 Å². The van der Waals surface area contributed by atoms with Crippen molar-refractivity contribution in [2.24, 2.45) is 0 Å². The van der Waals surface area contributed by atoms with Gasteiger partial charge in [0.15, 0.2) is 17.3 Å². The molecule has 3 amide bonds. The minimum atomic E-state index is -0.589. The fourth-order valence-electron chi connectivity index (χ4n) is 4.22. The summed E-state index contributed by atoms with van der Waals surface area (Å²) in [6.45, 7) is 3.02. The van der Waals surface area contributed by atoms with E-state index in [0.29, 0.717) is 60.6 Å². The number of likely N-dealkylation sites (N-methyl/N-ethyl adjacent to an activating group) is 1. The fraction of sp³-hybridized carbons (Fsp3) is 0.200. The van der Waals surface area contributed by atoms with Crippen LogP contribution >= 0.6 is 23.2 Å². The zero-order valence-corrected chi connectivity index (χ0v) is 24.4. The molecule has 9 nitrogen and oxygen atoms in total. The highest BCUT2D eigenvalue weighted by molar-refractivity contribution is 6.36. The smallest absolute Gasteiger partial charge is 0.319 e. The number of hydrogen-bond donors (Lipinski definition) is 2. The summed E-state index contributed by atoms with van der Waals surface area (Å²) in [6.07, 6.45) is 0. The first kappa shape index (κ1) is 29.6. The molecule has 0 radical (unpaired) electrons. The number of halogens is 2. The lowest BCUT2D eigenvalue weighted by molar-refractivity contribution is -0.117. The van der Waals surface area contributed by atoms with Crippen LogP contribution < -0.4 is 25.0 Å². The van der Waals surface area contributed by atoms with Crippen molar-refractivity contribution in [3.63, 3.8) is 0 Å². The van der Waals surface area contributed by atoms with E-state index in [4.69, 9.17) is 32.7 Å². The maximum Gasteiger partial charge on any atom is 0.319 e. The molecule has 0 unspecified atom stereocenters. The van der Waals surface area contributed by atoms with Crippen molar-refractivity contribution in [2.75, 3.05) is 30.9 Å². The standard InChI is InChI=1S/C30H28Cl2N4O5/c1-17-28(41-16-21-22(31)10-6-11-23(21)32)29(40-4)27-24(34-17)12-7-13-25(27)36(3)26(38)15-33-30(39)35-20-9-5-8-19(14-20)18(2)37/h5-14H,15-16H2,1-4H3,(H2,33,35,39). The number of rotatable bonds is 9. The van der Waals surface area contributed by atoms with Gasteiger partial charge in [0, 0.05) is 33.9 Å². The maximum absolute atomic E-state index is 13.1. The van der Waals surface area contributed by atoms with E-state index in [2.05, 4.69) is 15.6 Å². The monoisotopic (exact) mass is 594 g/mol. The highest BCUT2D eigenvalue weighted by atomic mass is 35.5. The molecule has 4 rings (SSSR count). The molecule has 212 valence electrons. The molecule has 0 fully saturated rings. The second-order valence-corrected chi connectivity index (χ2v) is 9.93. The van der Waals surface area contributed by atoms with Gasteiger partial charge in [-0.05, 0) is 50.2 Å². The summed E-state index contributed by atoms with van der Waals surface area (Å²) in [7, 11) is 3.10. The predicted octanol–water partition coefficient (Wildman–Crippen LogP) is 6.42. The Morgan fingerprint density at radius 2 is 1.66 bits per heavy atom. The third-order valence-corrected chi connectivity index (χ3v) is 7.07. The minimum absolute atomic E-state index is 0.0776. The second-order valence-electron chi connectivity index (χ2n) is 9.12. The highest BCUT2D eigenvalue weighted by Gasteiger charge is 2.22. The van der Waals surface area contributed by atoms with Crippen molar-refractivity contribution >= 4 is 63.2 Å². The summed E-state index contributed by atoms with van der Waals surface area (Å²) >= 11 is 12.6. The Labute approximate surface area is 247 Å². The number of benzene rings is 3. The number of methoxy groups -OCH3 is 1. The van der Waals surface area contributed by atoms with E-state index >= 15 is 0 Å². The van der Waals surface area contributed by atoms with Gasteiger partial charge in [-0.1, -0.05) is 47.5 Å². The fourth-order valence-corrected chi connectivity index (χ4v) is 4.73. The molecule has 0 saturated carbocycles. The number of Topliss-reactive ketones (excluding diaryl/α,β-unsaturated/α-hetero) is 1. The van der Waals surface area contributed by atoms with Crippen molar-refractivity contribution in [1.29, 1.82) is 0 Å². The van der Waals surface area contributed by atoms with Gasteiger partial charge in [-0.25, -0.2) is 9.78 Å². The summed E-state index contributed by atoms with van der Waals surface area (Å²) in [5.74, 6) is 0.261. The van der Waals surface area contributed by atoms with Crippen LogP contribution in [0.3, 0.4) is 0 Å². The Kier molecular flexibility index (Phi) is 9.31. The van der Waals surface area contributed by atoms with Gasteiger partial charge >= 0.3 is 6.03 Å². The van der Waals surface area contributed by atoms with Gasteiger partial charge in [-0.3, -0.25) is 9.59 Å². The van der Waals surface area contributed by atoms with Crippen molar-refractivity contribution in [1.82, 2.24) is 10.3 Å². The lowest BCUT2D eigenvalue weighted by Crippen LogP contribution is -2.40. The number of nitrogens with one attached hydrogen (secondary N) is 2. The Bertz CT molecular complexity index is 1620. The van der Waals surface area contributed by atoms with Crippen LogP contribution in [0.5, 0.6) is 11.5 Å². The van der Waals surface area contributed by atoms with E-state index < -0.39 is 11.9 Å². The van der Waals surface area contributed by atoms with Gasteiger partial charge in [-0.15, -0.1) is 0 Å². The molecule has 0 saturated heterocycles. The highest BCUT2D eigenvalue weighted by Crippen LogP contribution is 2.42. The average Bonchev–Trinajstić information content (AvgIpc) is 2.95. The van der Waals surface area contributed by atoms with Gasteiger partial charge in [0.05, 0.1) is 35.9 Å². The molecule has 3 aromatic carbocycles. The Balaban J connectivity index is 1.55. The van der Waals surface area contributed by atoms with Gasteiger partial charge in [0.2, 0.25) is 5.91 Å². The van der Waals surface area contributed by atoms with E-state index in [9.17, 15) is 14.4 Å². The van der Waals surface area contributed by atoms with Crippen molar-refractivity contribution in [2.45, 2.75) is 20.5 Å². The normalized spacial score (nSPS) is 10.7. The number of nitrogens with zero attached hydrogens (tertiary/aromatic N) is 2. The number of pyridine rings is 1. The molecule has 1 aromatic heterocycles. The number of carbonyl (C=O) groups excluding carboxylic acids is 3. The van der Waals surface area contributed by atoms with Crippen LogP contribution in [0.25, 0.3) is 10.9 Å². The lowest BCUT2D eigenvalue weighted by Gasteiger charge is -2.22. The first-order valence-corrected chi connectivity index (χ1v) is 13.3. The number of ether oxygens (including phenoxy) is 2. The Morgan fingerprint density at radius 1 is 0.976 bits per heavy atom. The van der Waals surface area contributed by atoms with Gasteiger partial charge in [-0.2, -0.15) is 0 Å². The van der Waals surface area contributed by atoms with E-state index in [1.165, 1.54) is 18.9 Å². The molecule has 0 spiro atoms. The van der Waals surface area contributed by atoms with Gasteiger partial charge in [0.1, 0.15) is 6.61 Å². The topological polar surface area (TPSA) is 110 Å². The molecule has 11 heteroatoms. The molecule has 0 aliphatic rings. The largest absolute Gasteiger partial charge is 0.492 e. The molecule has 0 aliphatic carbocycles. The van der Waals surface area contributed by atoms with Crippen LogP contribution in [0.1, 0.15) is 28.5 Å². The lowest BCUT2D eigenvalue weighted by atomic mass is 10.1. The van der Waals surface area contributed by atoms with Crippen molar-refractivity contribution in [3.8, 4) is 11.5 Å². The van der Waals surface area contributed by atoms with E-state index in [1.54, 1.807) is 68.6 Å². The minimum Gasteiger partial charge on any atom is -0.492 e. The van der Waals surface area contributed by atoms with E-state index in [0.717, 1.165) is 0 Å². The summed E-state index contributed by atoms with van der Waals surface area (Å²) in [6, 6.07) is 16.5. The van der Waals surface area contributed by atoms with Gasteiger partial charge in [0.25, 0.3) is 0 Å². The van der Waals surface area contributed by atoms with Crippen LogP contribution in [-0.4, -0.2) is 43.4 Å². The molecule has 0 bridgehead atoms. The van der Waals surface area contributed by atoms with Crippen LogP contribution in [0.2, 0.25) is 10.0 Å². The van der Waals surface area contributed by atoms with E-state index in [1.807, 2.05) is 6.07 Å². The van der Waals surface area contributed by atoms with E-state index in [-0.39, 0.29) is 18.9 Å². The van der Waals surface area contributed by atoms with Gasteiger partial charge < -0.3 is 25.0 Å². The summed E-state index contributed by atoms with van der Waals surface area (Å²) < 4.78 is 11.9. The average molecular weight is 595 g/mol. The first-order valence-electron chi connectivity index (χ1n) is 12.6. The Morgan fingerprint density at radius 3 is 2.34 bits per heavy atom. The number of carbonyl (C=O) groups is 3. The zero-order valence-electron chi connectivity index (χ0n) is 22.9. The molecular weight excluding hydrogens is 567 g/mol. The molecule has 2 N–H and O–H groups in total. The number of ketones is 1. The number of anilines is 2. The van der Waals surface area contributed by atoms with Crippen LogP contribution in [-0.2, 0) is 11.4 Å². The maximum atomic E-state index is 13.1. The number of aromatic nitrogens is 1. The Hall–Kier alpha value is -4.34. The predicted molar refractivity (Wildman–Crippen MR) is 161 cm³/mol. The molecule has 1 heterocycles. The van der Waals surface area contributed by atoms with Crippen molar-refractivity contribution < 1.29 is 23.9 Å². The SMILES string of the molecule is COc1c(OCc2c(Cl)cccc2Cl)c(C)nc2cccc(N(C)C(=O)CNC(=O)Nc3cccc(C(C)=O)c3)c12. The molecule has 4 aromatic rings. The third-order valence-electron chi connectivity index (χ3n) is 6.36. The van der Waals surface area contributed by atoms with Crippen LogP contribution in [0.4, 0.5) is 16.2 Å².